The Labute approximate surface area is 144 Å². The summed E-state index contributed by atoms with van der Waals surface area (Å²) in [4.78, 5) is 14.4. The van der Waals surface area contributed by atoms with E-state index in [-0.39, 0.29) is 18.7 Å². The molecule has 2 saturated carbocycles. The molecule has 3 rings (SSSR count). The second kappa shape index (κ2) is 7.88. The van der Waals surface area contributed by atoms with Crippen LogP contribution in [0.15, 0.2) is 24.3 Å². The molecule has 0 spiro atoms. The van der Waals surface area contributed by atoms with Crippen molar-refractivity contribution in [1.29, 1.82) is 0 Å². The Morgan fingerprint density at radius 2 is 1.83 bits per heavy atom. The Balaban J connectivity index is 1.55. The number of rotatable bonds is 6. The molecule has 0 aliphatic heterocycles. The predicted molar refractivity (Wildman–Crippen MR) is 94.3 cm³/mol. The normalized spacial score (nSPS) is 23.6. The lowest BCUT2D eigenvalue weighted by molar-refractivity contribution is 0.139. The van der Waals surface area contributed by atoms with Crippen LogP contribution in [-0.4, -0.2) is 42.3 Å². The van der Waals surface area contributed by atoms with Crippen molar-refractivity contribution in [1.82, 2.24) is 4.90 Å². The van der Waals surface area contributed by atoms with Crippen LogP contribution in [0.5, 0.6) is 5.75 Å². The number of nitrogens with zero attached hydrogens (tertiary/aromatic N) is 1. The second-order valence-corrected chi connectivity index (χ2v) is 7.15. The maximum atomic E-state index is 12.6. The van der Waals surface area contributed by atoms with Gasteiger partial charge in [-0.2, -0.15) is 0 Å². The van der Waals surface area contributed by atoms with Crippen LogP contribution in [0.1, 0.15) is 38.5 Å². The van der Waals surface area contributed by atoms with Gasteiger partial charge in [-0.1, -0.05) is 12.1 Å². The third kappa shape index (κ3) is 4.41. The quantitative estimate of drug-likeness (QED) is 0.838. The van der Waals surface area contributed by atoms with Crippen LogP contribution >= 0.6 is 0 Å². The van der Waals surface area contributed by atoms with Gasteiger partial charge < -0.3 is 20.1 Å². The lowest BCUT2D eigenvalue weighted by atomic mass is 9.86. The molecule has 132 valence electrons. The molecule has 0 unspecified atom stereocenters. The van der Waals surface area contributed by atoms with Crippen LogP contribution in [0.25, 0.3) is 0 Å². The van der Waals surface area contributed by atoms with Crippen molar-refractivity contribution in [2.45, 2.75) is 44.6 Å². The molecule has 2 fully saturated rings. The number of anilines is 1. The van der Waals surface area contributed by atoms with Crippen LogP contribution in [0.4, 0.5) is 10.5 Å². The number of ether oxygens (including phenoxy) is 1. The Morgan fingerprint density at radius 3 is 2.50 bits per heavy atom. The van der Waals surface area contributed by atoms with Gasteiger partial charge in [0.1, 0.15) is 5.75 Å². The minimum Gasteiger partial charge on any atom is -0.491 e. The fourth-order valence-electron chi connectivity index (χ4n) is 3.27. The third-order valence-corrected chi connectivity index (χ3v) is 5.24. The lowest BCUT2D eigenvalue weighted by Gasteiger charge is -2.34. The Morgan fingerprint density at radius 1 is 1.17 bits per heavy atom. The standard InChI is InChI=1S/C19H28N2O3/c1-21(16-10-8-14(12-22)9-11-16)19(23)20-17-4-2-3-5-18(17)24-13-15-6-7-15/h2-5,14-16,22H,6-13H2,1H3,(H,20,23). The lowest BCUT2D eigenvalue weighted by Crippen LogP contribution is -2.42. The first-order valence-electron chi connectivity index (χ1n) is 9.04. The fraction of sp³-hybridized carbons (Fsp3) is 0.632. The van der Waals surface area contributed by atoms with Gasteiger partial charge in [-0.05, 0) is 62.5 Å². The van der Waals surface area contributed by atoms with Gasteiger partial charge in [-0.3, -0.25) is 0 Å². The number of nitrogens with one attached hydrogen (secondary N) is 1. The van der Waals surface area contributed by atoms with Gasteiger partial charge in [0.25, 0.3) is 0 Å². The molecule has 2 N–H and O–H groups in total. The molecule has 0 saturated heterocycles. The largest absolute Gasteiger partial charge is 0.491 e. The molecule has 0 aromatic heterocycles. The molecule has 24 heavy (non-hydrogen) atoms. The number of carbonyl (C=O) groups is 1. The van der Waals surface area contributed by atoms with E-state index in [1.165, 1.54) is 12.8 Å². The number of hydrogen-bond donors (Lipinski definition) is 2. The smallest absolute Gasteiger partial charge is 0.321 e. The van der Waals surface area contributed by atoms with E-state index in [0.717, 1.165) is 43.7 Å². The zero-order valence-corrected chi connectivity index (χ0v) is 14.4. The fourth-order valence-corrected chi connectivity index (χ4v) is 3.27. The molecule has 5 nitrogen and oxygen atoms in total. The van der Waals surface area contributed by atoms with Crippen LogP contribution in [-0.2, 0) is 0 Å². The Hall–Kier alpha value is -1.75. The number of amides is 2. The monoisotopic (exact) mass is 332 g/mol. The number of carbonyl (C=O) groups excluding carboxylic acids is 1. The summed E-state index contributed by atoms with van der Waals surface area (Å²) in [6, 6.07) is 7.78. The molecule has 0 radical (unpaired) electrons. The molecular weight excluding hydrogens is 304 g/mol. The summed E-state index contributed by atoms with van der Waals surface area (Å²) in [6.45, 7) is 0.988. The summed E-state index contributed by atoms with van der Waals surface area (Å²) in [7, 11) is 1.85. The van der Waals surface area contributed by atoms with Crippen molar-refractivity contribution < 1.29 is 14.6 Å². The minimum absolute atomic E-state index is 0.0927. The van der Waals surface area contributed by atoms with Crippen molar-refractivity contribution in [3.63, 3.8) is 0 Å². The number of benzene rings is 1. The maximum absolute atomic E-state index is 12.6. The van der Waals surface area contributed by atoms with Gasteiger partial charge >= 0.3 is 6.03 Å². The van der Waals surface area contributed by atoms with Crippen molar-refractivity contribution in [3.05, 3.63) is 24.3 Å². The van der Waals surface area contributed by atoms with Crippen LogP contribution in [0.3, 0.4) is 0 Å². The van der Waals surface area contributed by atoms with E-state index in [4.69, 9.17) is 4.74 Å². The first-order valence-corrected chi connectivity index (χ1v) is 9.04. The van der Waals surface area contributed by atoms with E-state index in [1.54, 1.807) is 4.90 Å². The topological polar surface area (TPSA) is 61.8 Å². The molecule has 1 aromatic carbocycles. The molecule has 0 atom stereocenters. The van der Waals surface area contributed by atoms with E-state index in [0.29, 0.717) is 11.8 Å². The minimum atomic E-state index is -0.0927. The van der Waals surface area contributed by atoms with E-state index >= 15 is 0 Å². The summed E-state index contributed by atoms with van der Waals surface area (Å²) >= 11 is 0. The summed E-state index contributed by atoms with van der Waals surface area (Å²) in [5.41, 5.74) is 0.735. The van der Waals surface area contributed by atoms with Crippen LogP contribution in [0.2, 0.25) is 0 Å². The van der Waals surface area contributed by atoms with Crippen molar-refractivity contribution in [3.8, 4) is 5.75 Å². The number of aliphatic hydroxyl groups excluding tert-OH is 1. The van der Waals surface area contributed by atoms with Crippen LogP contribution < -0.4 is 10.1 Å². The molecule has 2 amide bonds. The maximum Gasteiger partial charge on any atom is 0.321 e. The molecule has 2 aliphatic rings. The van der Waals surface area contributed by atoms with Crippen molar-refractivity contribution in [2.75, 3.05) is 25.6 Å². The van der Waals surface area contributed by atoms with Gasteiger partial charge in [0.2, 0.25) is 0 Å². The molecule has 0 bridgehead atoms. The second-order valence-electron chi connectivity index (χ2n) is 7.15. The Bertz CT molecular complexity index is 551. The highest BCUT2D eigenvalue weighted by Crippen LogP contribution is 2.32. The highest BCUT2D eigenvalue weighted by Gasteiger charge is 2.27. The van der Waals surface area contributed by atoms with E-state index < -0.39 is 0 Å². The summed E-state index contributed by atoms with van der Waals surface area (Å²) in [5, 5.41) is 12.2. The summed E-state index contributed by atoms with van der Waals surface area (Å²) < 4.78 is 5.85. The third-order valence-electron chi connectivity index (χ3n) is 5.24. The molecule has 0 heterocycles. The number of para-hydroxylation sites is 2. The first-order chi connectivity index (χ1) is 11.7. The highest BCUT2D eigenvalue weighted by molar-refractivity contribution is 5.91. The summed E-state index contributed by atoms with van der Waals surface area (Å²) in [6.07, 6.45) is 6.37. The zero-order chi connectivity index (χ0) is 16.9. The van der Waals surface area contributed by atoms with Crippen LogP contribution in [0, 0.1) is 11.8 Å². The zero-order valence-electron chi connectivity index (χ0n) is 14.4. The SMILES string of the molecule is CN(C(=O)Nc1ccccc1OCC1CC1)C1CCC(CO)CC1. The molecular formula is C19H28N2O3. The van der Waals surface area contributed by atoms with E-state index in [9.17, 15) is 9.90 Å². The average molecular weight is 332 g/mol. The van der Waals surface area contributed by atoms with Gasteiger partial charge in [-0.25, -0.2) is 4.79 Å². The van der Waals surface area contributed by atoms with Gasteiger partial charge in [0.05, 0.1) is 12.3 Å². The van der Waals surface area contributed by atoms with Gasteiger partial charge in [0.15, 0.2) is 0 Å². The van der Waals surface area contributed by atoms with Gasteiger partial charge in [0, 0.05) is 19.7 Å². The highest BCUT2D eigenvalue weighted by atomic mass is 16.5. The molecule has 5 heteroatoms. The average Bonchev–Trinajstić information content (AvgIpc) is 3.45. The predicted octanol–water partition coefficient (Wildman–Crippen LogP) is 3.49. The summed E-state index contributed by atoms with van der Waals surface area (Å²) in [5.74, 6) is 1.82. The Kier molecular flexibility index (Phi) is 5.61. The molecule has 2 aliphatic carbocycles. The number of urea groups is 1. The number of hydrogen-bond acceptors (Lipinski definition) is 3. The van der Waals surface area contributed by atoms with E-state index in [2.05, 4.69) is 5.32 Å². The molecule has 1 aromatic rings. The van der Waals surface area contributed by atoms with Crippen molar-refractivity contribution >= 4 is 11.7 Å². The van der Waals surface area contributed by atoms with Crippen molar-refractivity contribution in [2.24, 2.45) is 11.8 Å². The van der Waals surface area contributed by atoms with Gasteiger partial charge in [-0.15, -0.1) is 0 Å². The van der Waals surface area contributed by atoms with E-state index in [1.807, 2.05) is 31.3 Å². The first kappa shape index (κ1) is 17.1. The number of aliphatic hydroxyl groups is 1.